The fourth-order valence-corrected chi connectivity index (χ4v) is 3.74. The SMILES string of the molecule is Fc1cccc(-c2ccnc3nc(-c4n[nH]c5ccc(-c6cncnc6)cc45)[nH]c23)c1. The molecule has 0 aliphatic heterocycles. The maximum Gasteiger partial charge on any atom is 0.178 e. The maximum absolute atomic E-state index is 13.8. The molecule has 148 valence electrons. The van der Waals surface area contributed by atoms with Gasteiger partial charge >= 0.3 is 0 Å². The first kappa shape index (κ1) is 17.4. The smallest absolute Gasteiger partial charge is 0.178 e. The largest absolute Gasteiger partial charge is 0.335 e. The molecule has 7 nitrogen and oxygen atoms in total. The quantitative estimate of drug-likeness (QED) is 0.441. The first-order chi connectivity index (χ1) is 15.3. The van der Waals surface area contributed by atoms with E-state index in [1.54, 1.807) is 24.7 Å². The summed E-state index contributed by atoms with van der Waals surface area (Å²) in [4.78, 5) is 20.5. The first-order valence-electron chi connectivity index (χ1n) is 9.61. The molecule has 0 spiro atoms. The molecule has 31 heavy (non-hydrogen) atoms. The zero-order valence-electron chi connectivity index (χ0n) is 16.0. The van der Waals surface area contributed by atoms with E-state index in [1.165, 1.54) is 18.5 Å². The Kier molecular flexibility index (Phi) is 3.82. The molecule has 8 heteroatoms. The molecule has 0 amide bonds. The second-order valence-corrected chi connectivity index (χ2v) is 7.11. The molecule has 0 aliphatic rings. The van der Waals surface area contributed by atoms with Gasteiger partial charge in [0.25, 0.3) is 0 Å². The van der Waals surface area contributed by atoms with Crippen molar-refractivity contribution in [3.63, 3.8) is 0 Å². The normalized spacial score (nSPS) is 11.4. The van der Waals surface area contributed by atoms with Gasteiger partial charge < -0.3 is 4.98 Å². The number of pyridine rings is 1. The summed E-state index contributed by atoms with van der Waals surface area (Å²) < 4.78 is 13.8. The topological polar surface area (TPSA) is 96.0 Å². The van der Waals surface area contributed by atoms with E-state index in [4.69, 9.17) is 0 Å². The monoisotopic (exact) mass is 407 g/mol. The van der Waals surface area contributed by atoms with Crippen LogP contribution in [0.1, 0.15) is 0 Å². The molecule has 2 aromatic carbocycles. The Bertz CT molecular complexity index is 1550. The summed E-state index contributed by atoms with van der Waals surface area (Å²) in [5, 5.41) is 8.44. The van der Waals surface area contributed by atoms with Gasteiger partial charge in [0.15, 0.2) is 11.5 Å². The predicted octanol–water partition coefficient (Wildman–Crippen LogP) is 4.76. The minimum absolute atomic E-state index is 0.294. The summed E-state index contributed by atoms with van der Waals surface area (Å²) in [6, 6.07) is 14.3. The highest BCUT2D eigenvalue weighted by Gasteiger charge is 2.16. The van der Waals surface area contributed by atoms with Crippen molar-refractivity contribution in [2.24, 2.45) is 0 Å². The Morgan fingerprint density at radius 3 is 2.65 bits per heavy atom. The molecular weight excluding hydrogens is 393 g/mol. The summed E-state index contributed by atoms with van der Waals surface area (Å²) in [7, 11) is 0. The molecule has 0 saturated carbocycles. The molecular formula is C23H14FN7. The van der Waals surface area contributed by atoms with Crippen molar-refractivity contribution < 1.29 is 4.39 Å². The van der Waals surface area contributed by atoms with Crippen molar-refractivity contribution in [2.45, 2.75) is 0 Å². The van der Waals surface area contributed by atoms with E-state index in [0.29, 0.717) is 17.2 Å². The predicted molar refractivity (Wildman–Crippen MR) is 115 cm³/mol. The number of aromatic amines is 2. The van der Waals surface area contributed by atoms with E-state index in [1.807, 2.05) is 30.3 Å². The lowest BCUT2D eigenvalue weighted by molar-refractivity contribution is 0.628. The van der Waals surface area contributed by atoms with E-state index in [9.17, 15) is 4.39 Å². The lowest BCUT2D eigenvalue weighted by atomic mass is 10.1. The van der Waals surface area contributed by atoms with Gasteiger partial charge in [0.2, 0.25) is 0 Å². The summed E-state index contributed by atoms with van der Waals surface area (Å²) in [6.07, 6.45) is 6.71. The van der Waals surface area contributed by atoms with Gasteiger partial charge in [-0.2, -0.15) is 5.10 Å². The fraction of sp³-hybridized carbons (Fsp3) is 0. The number of hydrogen-bond donors (Lipinski definition) is 2. The Balaban J connectivity index is 1.52. The van der Waals surface area contributed by atoms with Gasteiger partial charge in [0, 0.05) is 35.1 Å². The van der Waals surface area contributed by atoms with Gasteiger partial charge in [-0.25, -0.2) is 24.3 Å². The number of rotatable bonds is 3. The van der Waals surface area contributed by atoms with E-state index in [-0.39, 0.29) is 5.82 Å². The number of imidazole rings is 1. The number of halogens is 1. The number of benzene rings is 2. The highest BCUT2D eigenvalue weighted by atomic mass is 19.1. The Hall–Kier alpha value is -4.46. The molecule has 0 aliphatic carbocycles. The molecule has 0 fully saturated rings. The highest BCUT2D eigenvalue weighted by Crippen LogP contribution is 2.32. The number of H-pyrrole nitrogens is 2. The van der Waals surface area contributed by atoms with Crippen LogP contribution in [0.3, 0.4) is 0 Å². The lowest BCUT2D eigenvalue weighted by Crippen LogP contribution is -1.84. The first-order valence-corrected chi connectivity index (χ1v) is 9.61. The van der Waals surface area contributed by atoms with Crippen molar-refractivity contribution >= 4 is 22.1 Å². The summed E-state index contributed by atoms with van der Waals surface area (Å²) in [6.45, 7) is 0. The van der Waals surface area contributed by atoms with Crippen molar-refractivity contribution in [1.29, 1.82) is 0 Å². The van der Waals surface area contributed by atoms with Gasteiger partial charge in [-0.3, -0.25) is 5.10 Å². The molecule has 4 heterocycles. The van der Waals surface area contributed by atoms with Gasteiger partial charge in [0.05, 0.1) is 11.0 Å². The second kappa shape index (κ2) is 6.81. The van der Waals surface area contributed by atoms with Crippen molar-refractivity contribution in [3.05, 3.63) is 79.3 Å². The number of fused-ring (bicyclic) bond motifs is 2. The van der Waals surface area contributed by atoms with Crippen LogP contribution in [0, 0.1) is 5.82 Å². The maximum atomic E-state index is 13.8. The van der Waals surface area contributed by atoms with Crippen LogP contribution in [0.5, 0.6) is 0 Å². The van der Waals surface area contributed by atoms with E-state index in [0.717, 1.165) is 38.7 Å². The molecule has 6 aromatic rings. The van der Waals surface area contributed by atoms with Crippen molar-refractivity contribution in [1.82, 2.24) is 35.1 Å². The minimum atomic E-state index is -0.294. The summed E-state index contributed by atoms with van der Waals surface area (Å²) in [5.41, 5.74) is 6.30. The van der Waals surface area contributed by atoms with Crippen LogP contribution >= 0.6 is 0 Å². The number of hydrogen-bond acceptors (Lipinski definition) is 5. The molecule has 4 aromatic heterocycles. The second-order valence-electron chi connectivity index (χ2n) is 7.11. The summed E-state index contributed by atoms with van der Waals surface area (Å²) >= 11 is 0. The zero-order valence-corrected chi connectivity index (χ0v) is 16.0. The molecule has 0 saturated heterocycles. The van der Waals surface area contributed by atoms with Gasteiger partial charge in [-0.05, 0) is 41.5 Å². The fourth-order valence-electron chi connectivity index (χ4n) is 3.74. The standard InChI is InChI=1S/C23H14FN7/c24-16-3-1-2-14(8-16)17-6-7-27-22-20(17)28-23(29-22)21-18-9-13(4-5-19(18)30-31-21)15-10-25-12-26-11-15/h1-12H,(H,30,31)(H,27,28,29). The number of nitrogens with zero attached hydrogens (tertiary/aromatic N) is 5. The number of aromatic nitrogens is 7. The van der Waals surface area contributed by atoms with Crippen molar-refractivity contribution in [2.75, 3.05) is 0 Å². The molecule has 0 unspecified atom stereocenters. The van der Waals surface area contributed by atoms with Gasteiger partial charge in [0.1, 0.15) is 17.8 Å². The molecule has 2 N–H and O–H groups in total. The summed E-state index contributed by atoms with van der Waals surface area (Å²) in [5.74, 6) is 0.289. The van der Waals surface area contributed by atoms with Crippen LogP contribution < -0.4 is 0 Å². The molecule has 0 atom stereocenters. The number of nitrogens with one attached hydrogen (secondary N) is 2. The molecule has 6 rings (SSSR count). The molecule has 0 radical (unpaired) electrons. The van der Waals surface area contributed by atoms with Crippen LogP contribution in [-0.4, -0.2) is 35.1 Å². The van der Waals surface area contributed by atoms with E-state index >= 15 is 0 Å². The van der Waals surface area contributed by atoms with Crippen molar-refractivity contribution in [3.8, 4) is 33.8 Å². The van der Waals surface area contributed by atoms with Gasteiger partial charge in [-0.15, -0.1) is 0 Å². The third-order valence-electron chi connectivity index (χ3n) is 5.21. The highest BCUT2D eigenvalue weighted by molar-refractivity contribution is 5.97. The molecule has 0 bridgehead atoms. The van der Waals surface area contributed by atoms with Crippen LogP contribution in [0.25, 0.3) is 55.8 Å². The van der Waals surface area contributed by atoms with Crippen LogP contribution in [0.2, 0.25) is 0 Å². The Morgan fingerprint density at radius 2 is 1.77 bits per heavy atom. The Morgan fingerprint density at radius 1 is 0.871 bits per heavy atom. The average Bonchev–Trinajstić information content (AvgIpc) is 3.43. The van der Waals surface area contributed by atoms with E-state index in [2.05, 4.69) is 35.1 Å². The third kappa shape index (κ3) is 2.93. The van der Waals surface area contributed by atoms with Crippen LogP contribution in [0.15, 0.2) is 73.4 Å². The minimum Gasteiger partial charge on any atom is -0.335 e. The van der Waals surface area contributed by atoms with Crippen LogP contribution in [0.4, 0.5) is 4.39 Å². The van der Waals surface area contributed by atoms with E-state index < -0.39 is 0 Å². The third-order valence-corrected chi connectivity index (χ3v) is 5.21. The average molecular weight is 407 g/mol. The van der Waals surface area contributed by atoms with Gasteiger partial charge in [-0.1, -0.05) is 18.2 Å². The Labute approximate surface area is 175 Å². The van der Waals surface area contributed by atoms with Crippen LogP contribution in [-0.2, 0) is 0 Å². The lowest BCUT2D eigenvalue weighted by Gasteiger charge is -2.02. The zero-order chi connectivity index (χ0) is 20.8.